The van der Waals surface area contributed by atoms with Gasteiger partial charge in [0, 0.05) is 31.5 Å². The van der Waals surface area contributed by atoms with Gasteiger partial charge in [0.05, 0.1) is 12.1 Å². The van der Waals surface area contributed by atoms with Crippen molar-refractivity contribution in [3.8, 4) is 0 Å². The van der Waals surface area contributed by atoms with Crippen LogP contribution in [-0.2, 0) is 0 Å². The summed E-state index contributed by atoms with van der Waals surface area (Å²) >= 11 is 0. The van der Waals surface area contributed by atoms with Crippen molar-refractivity contribution >= 4 is 35.8 Å². The van der Waals surface area contributed by atoms with Crippen LogP contribution in [0.5, 0.6) is 0 Å². The average molecular weight is 375 g/mol. The monoisotopic (exact) mass is 375 g/mol. The minimum Gasteiger partial charge on any atom is -0.355 e. The standard InChI is InChI=1S/C12H17N5O.HI/c1-9-7-16-12(17-9)15-6-5-14-11(18)10-3-2-4-13-8-10;/h2-4,8-9H,5-7H2,1H3,(H,14,18)(H2,15,16,17);1H. The minimum absolute atomic E-state index is 0. The summed E-state index contributed by atoms with van der Waals surface area (Å²) in [6.45, 7) is 4.06. The van der Waals surface area contributed by atoms with Crippen LogP contribution in [0.2, 0.25) is 0 Å². The van der Waals surface area contributed by atoms with Gasteiger partial charge in [-0.2, -0.15) is 0 Å². The maximum atomic E-state index is 11.7. The number of carbonyl (C=O) groups excluding carboxylic acids is 1. The van der Waals surface area contributed by atoms with E-state index in [1.165, 1.54) is 0 Å². The zero-order chi connectivity index (χ0) is 12.8. The van der Waals surface area contributed by atoms with E-state index in [-0.39, 0.29) is 29.9 Å². The number of carbonyl (C=O) groups is 1. The summed E-state index contributed by atoms with van der Waals surface area (Å²) in [6.07, 6.45) is 3.19. The molecule has 1 aliphatic rings. The second kappa shape index (κ2) is 7.93. The molecule has 1 unspecified atom stereocenters. The van der Waals surface area contributed by atoms with Crippen LogP contribution < -0.4 is 16.0 Å². The maximum absolute atomic E-state index is 11.7. The molecule has 1 aromatic rings. The van der Waals surface area contributed by atoms with E-state index in [9.17, 15) is 4.79 Å². The molecule has 0 aromatic carbocycles. The van der Waals surface area contributed by atoms with Crippen LogP contribution in [0.15, 0.2) is 29.5 Å². The van der Waals surface area contributed by atoms with E-state index in [0.717, 1.165) is 12.5 Å². The van der Waals surface area contributed by atoms with Crippen molar-refractivity contribution in [3.05, 3.63) is 30.1 Å². The first kappa shape index (κ1) is 15.7. The fourth-order valence-electron chi connectivity index (χ4n) is 1.62. The van der Waals surface area contributed by atoms with E-state index in [1.807, 2.05) is 0 Å². The van der Waals surface area contributed by atoms with Crippen LogP contribution in [0.3, 0.4) is 0 Å². The van der Waals surface area contributed by atoms with E-state index in [1.54, 1.807) is 24.5 Å². The molecule has 0 bridgehead atoms. The van der Waals surface area contributed by atoms with E-state index >= 15 is 0 Å². The Labute approximate surface area is 129 Å². The number of hydrogen-bond donors (Lipinski definition) is 3. The average Bonchev–Trinajstić information content (AvgIpc) is 2.81. The summed E-state index contributed by atoms with van der Waals surface area (Å²) in [5.74, 6) is 0.692. The number of aliphatic imine (C=N–C) groups is 1. The fraction of sp³-hybridized carbons (Fsp3) is 0.417. The lowest BCUT2D eigenvalue weighted by atomic mass is 10.3. The second-order valence-corrected chi connectivity index (χ2v) is 4.16. The Morgan fingerprint density at radius 2 is 2.37 bits per heavy atom. The third-order valence-electron chi connectivity index (χ3n) is 2.53. The Bertz CT molecular complexity index is 437. The lowest BCUT2D eigenvalue weighted by Crippen LogP contribution is -2.41. The van der Waals surface area contributed by atoms with Crippen LogP contribution in [-0.4, -0.2) is 42.5 Å². The molecule has 1 aliphatic heterocycles. The van der Waals surface area contributed by atoms with Gasteiger partial charge in [0.2, 0.25) is 0 Å². The molecule has 1 aromatic heterocycles. The maximum Gasteiger partial charge on any atom is 0.252 e. The number of aromatic nitrogens is 1. The molecular weight excluding hydrogens is 357 g/mol. The Morgan fingerprint density at radius 3 is 3.00 bits per heavy atom. The van der Waals surface area contributed by atoms with Crippen molar-refractivity contribution in [3.63, 3.8) is 0 Å². The predicted octanol–water partition coefficient (Wildman–Crippen LogP) is 0.367. The number of hydrogen-bond acceptors (Lipinski definition) is 5. The van der Waals surface area contributed by atoms with Crippen molar-refractivity contribution in [1.82, 2.24) is 20.9 Å². The van der Waals surface area contributed by atoms with Gasteiger partial charge in [-0.25, -0.2) is 0 Å². The molecule has 1 atom stereocenters. The largest absolute Gasteiger partial charge is 0.355 e. The Morgan fingerprint density at radius 1 is 1.53 bits per heavy atom. The summed E-state index contributed by atoms with van der Waals surface area (Å²) in [6, 6.07) is 3.86. The van der Waals surface area contributed by atoms with Gasteiger partial charge >= 0.3 is 0 Å². The van der Waals surface area contributed by atoms with Crippen LogP contribution in [0, 0.1) is 0 Å². The molecule has 0 spiro atoms. The fourth-order valence-corrected chi connectivity index (χ4v) is 1.62. The van der Waals surface area contributed by atoms with Crippen LogP contribution in [0.1, 0.15) is 17.3 Å². The predicted molar refractivity (Wildman–Crippen MR) is 84.9 cm³/mol. The first-order valence-corrected chi connectivity index (χ1v) is 5.99. The van der Waals surface area contributed by atoms with Gasteiger partial charge in [0.1, 0.15) is 0 Å². The highest BCUT2D eigenvalue weighted by Crippen LogP contribution is 1.94. The van der Waals surface area contributed by atoms with Crippen LogP contribution in [0.25, 0.3) is 0 Å². The zero-order valence-corrected chi connectivity index (χ0v) is 13.0. The van der Waals surface area contributed by atoms with Crippen LogP contribution >= 0.6 is 24.0 Å². The smallest absolute Gasteiger partial charge is 0.252 e. The van der Waals surface area contributed by atoms with E-state index < -0.39 is 0 Å². The van der Waals surface area contributed by atoms with Gasteiger partial charge in [-0.15, -0.1) is 24.0 Å². The summed E-state index contributed by atoms with van der Waals surface area (Å²) in [5.41, 5.74) is 0.572. The summed E-state index contributed by atoms with van der Waals surface area (Å²) in [7, 11) is 0. The molecule has 0 aliphatic carbocycles. The third kappa shape index (κ3) is 5.01. The molecule has 104 valence electrons. The van der Waals surface area contributed by atoms with Gasteiger partial charge < -0.3 is 16.0 Å². The molecule has 7 heteroatoms. The highest BCUT2D eigenvalue weighted by Gasteiger charge is 2.11. The SMILES string of the molecule is CC1CN=C(NCCNC(=O)c2cccnc2)N1.I. The Kier molecular flexibility index (Phi) is 6.54. The van der Waals surface area contributed by atoms with Crippen molar-refractivity contribution in [1.29, 1.82) is 0 Å². The number of pyridine rings is 1. The van der Waals surface area contributed by atoms with Crippen LogP contribution in [0.4, 0.5) is 0 Å². The van der Waals surface area contributed by atoms with Crippen molar-refractivity contribution in [2.75, 3.05) is 19.6 Å². The zero-order valence-electron chi connectivity index (χ0n) is 10.7. The summed E-state index contributed by atoms with van der Waals surface area (Å²) in [5, 5.41) is 9.13. The van der Waals surface area contributed by atoms with Crippen molar-refractivity contribution < 1.29 is 4.79 Å². The molecule has 19 heavy (non-hydrogen) atoms. The van der Waals surface area contributed by atoms with E-state index in [0.29, 0.717) is 24.7 Å². The van der Waals surface area contributed by atoms with E-state index in [4.69, 9.17) is 0 Å². The summed E-state index contributed by atoms with van der Waals surface area (Å²) in [4.78, 5) is 19.8. The highest BCUT2D eigenvalue weighted by molar-refractivity contribution is 14.0. The topological polar surface area (TPSA) is 78.4 Å². The van der Waals surface area contributed by atoms with E-state index in [2.05, 4.69) is 32.9 Å². The Hall–Kier alpha value is -1.38. The first-order valence-electron chi connectivity index (χ1n) is 5.99. The number of halogens is 1. The number of rotatable bonds is 4. The quantitative estimate of drug-likeness (QED) is 0.525. The number of nitrogens with one attached hydrogen (secondary N) is 3. The molecule has 0 saturated carbocycles. The van der Waals surface area contributed by atoms with Gasteiger partial charge in [-0.1, -0.05) is 0 Å². The lowest BCUT2D eigenvalue weighted by molar-refractivity contribution is 0.0954. The molecular formula is C12H18IN5O. The third-order valence-corrected chi connectivity index (χ3v) is 2.53. The van der Waals surface area contributed by atoms with Gasteiger partial charge in [-0.3, -0.25) is 14.8 Å². The van der Waals surface area contributed by atoms with Gasteiger partial charge in [-0.05, 0) is 19.1 Å². The van der Waals surface area contributed by atoms with Crippen molar-refractivity contribution in [2.24, 2.45) is 4.99 Å². The minimum atomic E-state index is -0.111. The van der Waals surface area contributed by atoms with Gasteiger partial charge in [0.25, 0.3) is 5.91 Å². The molecule has 0 fully saturated rings. The highest BCUT2D eigenvalue weighted by atomic mass is 127. The van der Waals surface area contributed by atoms with Crippen molar-refractivity contribution in [2.45, 2.75) is 13.0 Å². The molecule has 2 rings (SSSR count). The molecule has 3 N–H and O–H groups in total. The second-order valence-electron chi connectivity index (χ2n) is 4.16. The molecule has 2 heterocycles. The summed E-state index contributed by atoms with van der Waals surface area (Å²) < 4.78 is 0. The Balaban J connectivity index is 0.00000180. The molecule has 0 radical (unpaired) electrons. The first-order chi connectivity index (χ1) is 8.75. The lowest BCUT2D eigenvalue weighted by Gasteiger charge is -2.09. The van der Waals surface area contributed by atoms with Gasteiger partial charge in [0.15, 0.2) is 5.96 Å². The normalized spacial score (nSPS) is 16.9. The number of amides is 1. The number of nitrogens with zero attached hydrogens (tertiary/aromatic N) is 2. The molecule has 0 saturated heterocycles. The molecule has 6 nitrogen and oxygen atoms in total. The number of guanidine groups is 1. The molecule has 1 amide bonds.